The van der Waals surface area contributed by atoms with Crippen LogP contribution in [-0.2, 0) is 9.84 Å². The lowest BCUT2D eigenvalue weighted by Gasteiger charge is -2.14. The van der Waals surface area contributed by atoms with E-state index in [1.807, 2.05) is 39.0 Å². The highest BCUT2D eigenvalue weighted by Gasteiger charge is 2.31. The molecule has 0 bridgehead atoms. The summed E-state index contributed by atoms with van der Waals surface area (Å²) in [6.07, 6.45) is 0.500. The molecule has 0 radical (unpaired) electrons. The maximum atomic E-state index is 12.9. The van der Waals surface area contributed by atoms with Crippen LogP contribution in [0, 0.1) is 20.8 Å². The third kappa shape index (κ3) is 3.95. The number of rotatable bonds is 4. The Labute approximate surface area is 169 Å². The van der Waals surface area contributed by atoms with Crippen LogP contribution in [0.2, 0.25) is 0 Å². The first-order chi connectivity index (χ1) is 13.7. The predicted octanol–water partition coefficient (Wildman–Crippen LogP) is 2.61. The summed E-state index contributed by atoms with van der Waals surface area (Å²) in [5.41, 5.74) is 3.90. The number of hydrogen-bond acceptors (Lipinski definition) is 5. The van der Waals surface area contributed by atoms with Crippen LogP contribution >= 0.6 is 0 Å². The average molecular weight is 414 g/mol. The second kappa shape index (κ2) is 7.14. The first-order valence-corrected chi connectivity index (χ1v) is 11.3. The highest BCUT2D eigenvalue weighted by atomic mass is 32.2. The number of hydrogen-bond donors (Lipinski definition) is 1. The highest BCUT2D eigenvalue weighted by molar-refractivity contribution is 7.91. The number of carbonyl (C=O) groups excluding carboxylic acids is 1. The van der Waals surface area contributed by atoms with Crippen molar-refractivity contribution < 1.29 is 13.2 Å². The molecule has 29 heavy (non-hydrogen) atoms. The third-order valence-corrected chi connectivity index (χ3v) is 6.77. The first-order valence-electron chi connectivity index (χ1n) is 9.43. The average Bonchev–Trinajstić information content (AvgIpc) is 3.31. The molecule has 1 saturated heterocycles. The van der Waals surface area contributed by atoms with Gasteiger partial charge in [-0.3, -0.25) is 4.79 Å². The molecular weight excluding hydrogens is 390 g/mol. The number of sulfone groups is 1. The van der Waals surface area contributed by atoms with E-state index in [1.54, 1.807) is 27.6 Å². The van der Waals surface area contributed by atoms with E-state index in [1.165, 1.54) is 0 Å². The molecule has 1 aliphatic heterocycles. The van der Waals surface area contributed by atoms with Gasteiger partial charge in [-0.05, 0) is 51.5 Å². The zero-order chi connectivity index (χ0) is 20.8. The normalized spacial score (nSPS) is 18.1. The maximum absolute atomic E-state index is 12.9. The van der Waals surface area contributed by atoms with Crippen molar-refractivity contribution in [3.63, 3.8) is 0 Å². The molecule has 0 saturated carbocycles. The summed E-state index contributed by atoms with van der Waals surface area (Å²) >= 11 is 0. The van der Waals surface area contributed by atoms with E-state index in [-0.39, 0.29) is 23.5 Å². The lowest BCUT2D eigenvalue weighted by molar-refractivity contribution is 0.102. The highest BCUT2D eigenvalue weighted by Crippen LogP contribution is 2.27. The van der Waals surface area contributed by atoms with E-state index in [0.29, 0.717) is 17.8 Å². The molecule has 1 N–H and O–H groups in total. The fourth-order valence-electron chi connectivity index (χ4n) is 3.71. The summed E-state index contributed by atoms with van der Waals surface area (Å²) in [5, 5.41) is 11.8. The second-order valence-electron chi connectivity index (χ2n) is 7.52. The van der Waals surface area contributed by atoms with Crippen LogP contribution in [0.15, 0.2) is 36.4 Å². The summed E-state index contributed by atoms with van der Waals surface area (Å²) in [7, 11) is -3.05. The zero-order valence-electron chi connectivity index (χ0n) is 16.6. The fraction of sp³-hybridized carbons (Fsp3) is 0.350. The first kappa shape index (κ1) is 19.4. The van der Waals surface area contributed by atoms with Crippen LogP contribution in [0.25, 0.3) is 5.69 Å². The third-order valence-electron chi connectivity index (χ3n) is 5.02. The Hall–Kier alpha value is -2.94. The van der Waals surface area contributed by atoms with Gasteiger partial charge in [0.05, 0.1) is 34.6 Å². The Morgan fingerprint density at radius 2 is 1.86 bits per heavy atom. The van der Waals surface area contributed by atoms with Gasteiger partial charge in [0.1, 0.15) is 5.82 Å². The van der Waals surface area contributed by atoms with E-state index >= 15 is 0 Å². The van der Waals surface area contributed by atoms with Gasteiger partial charge >= 0.3 is 0 Å². The van der Waals surface area contributed by atoms with Crippen LogP contribution in [0.1, 0.15) is 39.9 Å². The van der Waals surface area contributed by atoms with Gasteiger partial charge < -0.3 is 5.32 Å². The Morgan fingerprint density at radius 3 is 2.52 bits per heavy atom. The number of nitrogens with one attached hydrogen (secondary N) is 1. The van der Waals surface area contributed by atoms with Crippen molar-refractivity contribution in [2.75, 3.05) is 16.8 Å². The summed E-state index contributed by atoms with van der Waals surface area (Å²) < 4.78 is 27.1. The summed E-state index contributed by atoms with van der Waals surface area (Å²) in [5.74, 6) is 0.417. The zero-order valence-corrected chi connectivity index (χ0v) is 17.4. The van der Waals surface area contributed by atoms with Crippen LogP contribution in [0.3, 0.4) is 0 Å². The molecule has 152 valence electrons. The largest absolute Gasteiger partial charge is 0.307 e. The van der Waals surface area contributed by atoms with Gasteiger partial charge in [0.2, 0.25) is 0 Å². The molecule has 0 spiro atoms. The minimum absolute atomic E-state index is 0.0460. The molecule has 1 atom stereocenters. The lowest BCUT2D eigenvalue weighted by atomic mass is 10.2. The molecular formula is C20H23N5O3S. The molecule has 1 amide bonds. The molecule has 8 nitrogen and oxygen atoms in total. The SMILES string of the molecule is Cc1cc(C)n(-c2cccc(C(=O)Nc3cc(C)nn3[C@@H]3CCS(=O)(=O)C3)c2)n1. The van der Waals surface area contributed by atoms with Crippen LogP contribution < -0.4 is 5.32 Å². The molecule has 1 aliphatic rings. The number of aryl methyl sites for hydroxylation is 3. The summed E-state index contributed by atoms with van der Waals surface area (Å²) in [6.45, 7) is 5.70. The van der Waals surface area contributed by atoms with Crippen molar-refractivity contribution in [2.24, 2.45) is 0 Å². The van der Waals surface area contributed by atoms with Gasteiger partial charge in [-0.2, -0.15) is 10.2 Å². The number of nitrogens with zero attached hydrogens (tertiary/aromatic N) is 4. The van der Waals surface area contributed by atoms with Gasteiger partial charge in [0, 0.05) is 17.3 Å². The number of anilines is 1. The molecule has 3 heterocycles. The molecule has 2 aromatic heterocycles. The van der Waals surface area contributed by atoms with Crippen molar-refractivity contribution in [2.45, 2.75) is 33.2 Å². The molecule has 1 fully saturated rings. The monoisotopic (exact) mass is 413 g/mol. The van der Waals surface area contributed by atoms with E-state index < -0.39 is 9.84 Å². The molecule has 9 heteroatoms. The van der Waals surface area contributed by atoms with E-state index in [9.17, 15) is 13.2 Å². The van der Waals surface area contributed by atoms with Crippen molar-refractivity contribution >= 4 is 21.6 Å². The smallest absolute Gasteiger partial charge is 0.256 e. The number of benzene rings is 1. The van der Waals surface area contributed by atoms with Crippen LogP contribution in [-0.4, -0.2) is 45.4 Å². The number of amides is 1. The van der Waals surface area contributed by atoms with Crippen molar-refractivity contribution in [1.82, 2.24) is 19.6 Å². The quantitative estimate of drug-likeness (QED) is 0.709. The van der Waals surface area contributed by atoms with E-state index in [4.69, 9.17) is 0 Å². The number of carbonyl (C=O) groups is 1. The summed E-state index contributed by atoms with van der Waals surface area (Å²) in [6, 6.07) is 10.7. The molecule has 1 aromatic carbocycles. The minimum atomic E-state index is -3.05. The Bertz CT molecular complexity index is 1190. The maximum Gasteiger partial charge on any atom is 0.256 e. The van der Waals surface area contributed by atoms with Gasteiger partial charge in [-0.15, -0.1) is 0 Å². The van der Waals surface area contributed by atoms with E-state index in [0.717, 1.165) is 22.8 Å². The Kier molecular flexibility index (Phi) is 4.77. The lowest BCUT2D eigenvalue weighted by Crippen LogP contribution is -2.19. The molecule has 4 rings (SSSR count). The van der Waals surface area contributed by atoms with Gasteiger partial charge in [-0.1, -0.05) is 6.07 Å². The fourth-order valence-corrected chi connectivity index (χ4v) is 5.41. The van der Waals surface area contributed by atoms with Crippen molar-refractivity contribution in [3.8, 4) is 5.69 Å². The molecule has 3 aromatic rings. The van der Waals surface area contributed by atoms with Gasteiger partial charge in [0.25, 0.3) is 5.91 Å². The minimum Gasteiger partial charge on any atom is -0.307 e. The molecule has 0 unspecified atom stereocenters. The topological polar surface area (TPSA) is 98.9 Å². The Morgan fingerprint density at radius 1 is 1.10 bits per heavy atom. The Balaban J connectivity index is 1.60. The van der Waals surface area contributed by atoms with Crippen molar-refractivity contribution in [1.29, 1.82) is 0 Å². The van der Waals surface area contributed by atoms with E-state index in [2.05, 4.69) is 15.5 Å². The van der Waals surface area contributed by atoms with Crippen molar-refractivity contribution in [3.05, 3.63) is 59.0 Å². The standard InChI is InChI=1S/C20H23N5O3S/c1-13-9-15(3)24(22-13)17-6-4-5-16(11-17)20(26)21-19-10-14(2)23-25(19)18-7-8-29(27,28)12-18/h4-6,9-11,18H,7-8,12H2,1-3H3,(H,21,26)/t18-/m1/s1. The second-order valence-corrected chi connectivity index (χ2v) is 9.74. The van der Waals surface area contributed by atoms with Gasteiger partial charge in [0.15, 0.2) is 9.84 Å². The predicted molar refractivity (Wildman–Crippen MR) is 110 cm³/mol. The van der Waals surface area contributed by atoms with Gasteiger partial charge in [-0.25, -0.2) is 17.8 Å². The summed E-state index contributed by atoms with van der Waals surface area (Å²) in [4.78, 5) is 12.9. The molecule has 0 aliphatic carbocycles. The number of aromatic nitrogens is 4. The van der Waals surface area contributed by atoms with Crippen LogP contribution in [0.5, 0.6) is 0 Å². The van der Waals surface area contributed by atoms with Crippen LogP contribution in [0.4, 0.5) is 5.82 Å².